The minimum atomic E-state index is -0.467. The summed E-state index contributed by atoms with van der Waals surface area (Å²) in [6.45, 7) is 9.52. The van der Waals surface area contributed by atoms with Gasteiger partial charge in [-0.2, -0.15) is 0 Å². The highest BCUT2D eigenvalue weighted by Crippen LogP contribution is 2.22. The summed E-state index contributed by atoms with van der Waals surface area (Å²) in [7, 11) is 0. The predicted octanol–water partition coefficient (Wildman–Crippen LogP) is 3.34. The quantitative estimate of drug-likeness (QED) is 0.647. The largest absolute Gasteiger partial charge is 0.341 e. The van der Waals surface area contributed by atoms with Crippen LogP contribution in [0.3, 0.4) is 0 Å². The Morgan fingerprint density at radius 1 is 1.10 bits per heavy atom. The molecule has 158 valence electrons. The van der Waals surface area contributed by atoms with E-state index in [-0.39, 0.29) is 18.0 Å². The van der Waals surface area contributed by atoms with Gasteiger partial charge in [-0.05, 0) is 60.7 Å². The van der Waals surface area contributed by atoms with Gasteiger partial charge in [-0.3, -0.25) is 14.2 Å². The Morgan fingerprint density at radius 3 is 2.50 bits per heavy atom. The first-order chi connectivity index (χ1) is 14.3. The van der Waals surface area contributed by atoms with Gasteiger partial charge in [-0.15, -0.1) is 11.3 Å². The number of thiophene rings is 1. The second-order valence-electron chi connectivity index (χ2n) is 8.61. The van der Waals surface area contributed by atoms with Crippen molar-refractivity contribution >= 4 is 27.5 Å². The summed E-state index contributed by atoms with van der Waals surface area (Å²) in [5.41, 5.74) is 2.19. The highest BCUT2D eigenvalue weighted by molar-refractivity contribution is 7.17. The van der Waals surface area contributed by atoms with Crippen LogP contribution in [0.5, 0.6) is 0 Å². The van der Waals surface area contributed by atoms with Crippen LogP contribution in [0.4, 0.5) is 0 Å². The molecule has 3 aromatic rings. The van der Waals surface area contributed by atoms with E-state index in [1.54, 1.807) is 17.5 Å². The van der Waals surface area contributed by atoms with E-state index in [9.17, 15) is 14.4 Å². The summed E-state index contributed by atoms with van der Waals surface area (Å²) in [6.07, 6.45) is 1.11. The molecule has 1 amide bonds. The van der Waals surface area contributed by atoms with E-state index < -0.39 is 5.69 Å². The van der Waals surface area contributed by atoms with Gasteiger partial charge in [0.1, 0.15) is 11.2 Å². The average Bonchev–Trinajstić information content (AvgIpc) is 3.17. The number of hydrogen-bond acceptors (Lipinski definition) is 4. The van der Waals surface area contributed by atoms with Gasteiger partial charge in [0.2, 0.25) is 5.91 Å². The first kappa shape index (κ1) is 20.6. The summed E-state index contributed by atoms with van der Waals surface area (Å²) in [5.74, 6) is 0.813. The molecule has 2 aromatic heterocycles. The molecule has 2 atom stereocenters. The van der Waals surface area contributed by atoms with Crippen LogP contribution in [0.15, 0.2) is 39.2 Å². The van der Waals surface area contributed by atoms with Crippen LogP contribution in [0.25, 0.3) is 15.9 Å². The van der Waals surface area contributed by atoms with E-state index >= 15 is 0 Å². The number of fused-ring (bicyclic) bond motifs is 1. The van der Waals surface area contributed by atoms with Crippen molar-refractivity contribution < 1.29 is 4.79 Å². The van der Waals surface area contributed by atoms with E-state index in [1.807, 2.05) is 30.9 Å². The van der Waals surface area contributed by atoms with Gasteiger partial charge < -0.3 is 4.90 Å². The van der Waals surface area contributed by atoms with E-state index in [1.165, 1.54) is 20.5 Å². The van der Waals surface area contributed by atoms with Crippen LogP contribution < -0.4 is 11.2 Å². The number of carbonyl (C=O) groups excluding carboxylic acids is 1. The molecule has 0 aliphatic carbocycles. The second-order valence-corrected chi connectivity index (χ2v) is 9.52. The molecule has 1 aliphatic heterocycles. The number of aryl methyl sites for hydroxylation is 1. The Bertz CT molecular complexity index is 1230. The van der Waals surface area contributed by atoms with Gasteiger partial charge >= 0.3 is 5.69 Å². The fourth-order valence-corrected chi connectivity index (χ4v) is 5.36. The number of aromatic nitrogens is 2. The van der Waals surface area contributed by atoms with Crippen molar-refractivity contribution in [2.24, 2.45) is 11.8 Å². The Morgan fingerprint density at radius 2 is 1.80 bits per heavy atom. The lowest BCUT2D eigenvalue weighted by molar-refractivity contribution is -0.134. The number of piperidine rings is 1. The molecule has 1 fully saturated rings. The Hall–Kier alpha value is -2.67. The number of hydrogen-bond donors (Lipinski definition) is 0. The number of carbonyl (C=O) groups is 1. The van der Waals surface area contributed by atoms with Crippen LogP contribution in [0, 0.1) is 25.7 Å². The molecule has 0 N–H and O–H groups in total. The molecule has 0 unspecified atom stereocenters. The van der Waals surface area contributed by atoms with Gasteiger partial charge in [0.15, 0.2) is 0 Å². The Balaban J connectivity index is 1.84. The maximum absolute atomic E-state index is 13.5. The van der Waals surface area contributed by atoms with Crippen molar-refractivity contribution in [3.05, 3.63) is 61.6 Å². The summed E-state index contributed by atoms with van der Waals surface area (Å²) in [4.78, 5) is 41.6. The van der Waals surface area contributed by atoms with E-state index in [2.05, 4.69) is 13.8 Å². The third-order valence-electron chi connectivity index (χ3n) is 6.09. The maximum atomic E-state index is 13.5. The first-order valence-electron chi connectivity index (χ1n) is 10.3. The van der Waals surface area contributed by atoms with Crippen molar-refractivity contribution in [1.82, 2.24) is 14.0 Å². The Labute approximate surface area is 179 Å². The molecule has 7 heteroatoms. The fraction of sp³-hybridized carbons (Fsp3) is 0.435. The van der Waals surface area contributed by atoms with Crippen molar-refractivity contribution in [2.45, 2.75) is 40.7 Å². The highest BCUT2D eigenvalue weighted by Gasteiger charge is 2.27. The second kappa shape index (κ2) is 7.87. The van der Waals surface area contributed by atoms with Crippen LogP contribution in [-0.2, 0) is 11.3 Å². The maximum Gasteiger partial charge on any atom is 0.336 e. The summed E-state index contributed by atoms with van der Waals surface area (Å²) in [6, 6.07) is 7.33. The third-order valence-corrected chi connectivity index (χ3v) is 6.98. The van der Waals surface area contributed by atoms with E-state index in [0.29, 0.717) is 40.8 Å². The molecule has 1 aliphatic rings. The number of rotatable bonds is 3. The monoisotopic (exact) mass is 425 g/mol. The zero-order valence-electron chi connectivity index (χ0n) is 17.8. The molecule has 0 bridgehead atoms. The molecule has 4 rings (SSSR count). The summed E-state index contributed by atoms with van der Waals surface area (Å²) in [5, 5.41) is 1.80. The minimum absolute atomic E-state index is 0.0589. The van der Waals surface area contributed by atoms with E-state index in [4.69, 9.17) is 0 Å². The molecule has 1 saturated heterocycles. The van der Waals surface area contributed by atoms with Crippen molar-refractivity contribution in [3.63, 3.8) is 0 Å². The normalized spacial score (nSPS) is 19.4. The molecule has 30 heavy (non-hydrogen) atoms. The van der Waals surface area contributed by atoms with Gasteiger partial charge in [0, 0.05) is 13.1 Å². The zero-order chi connectivity index (χ0) is 21.6. The molecular weight excluding hydrogens is 398 g/mol. The highest BCUT2D eigenvalue weighted by atomic mass is 32.1. The lowest BCUT2D eigenvalue weighted by Gasteiger charge is -2.35. The Kier molecular flexibility index (Phi) is 5.40. The molecular formula is C23H27N3O3S. The van der Waals surface area contributed by atoms with Crippen molar-refractivity contribution in [3.8, 4) is 5.69 Å². The fourth-order valence-electron chi connectivity index (χ4n) is 4.53. The first-order valence-corrected chi connectivity index (χ1v) is 11.2. The minimum Gasteiger partial charge on any atom is -0.341 e. The van der Waals surface area contributed by atoms with Gasteiger partial charge in [-0.25, -0.2) is 9.36 Å². The summed E-state index contributed by atoms with van der Waals surface area (Å²) >= 11 is 1.30. The van der Waals surface area contributed by atoms with E-state index in [0.717, 1.165) is 17.5 Å². The zero-order valence-corrected chi connectivity index (χ0v) is 18.7. The van der Waals surface area contributed by atoms with Crippen molar-refractivity contribution in [1.29, 1.82) is 0 Å². The SMILES string of the molecule is Cc1cccc(-n2c(=O)c3sccc3n(CC(=O)N3C[C@H](C)C[C@H](C)C3)c2=O)c1C. The van der Waals surface area contributed by atoms with Crippen LogP contribution in [-0.4, -0.2) is 33.0 Å². The standard InChI is InChI=1S/C23H27N3O3S/c1-14-10-15(2)12-24(11-14)20(27)13-25-19-8-9-30-21(19)22(28)26(23(25)29)18-7-5-6-16(3)17(18)4/h5-9,14-15H,10-13H2,1-4H3/t14-,15+. The lowest BCUT2D eigenvalue weighted by Crippen LogP contribution is -2.46. The molecule has 1 aromatic carbocycles. The lowest BCUT2D eigenvalue weighted by atomic mass is 9.92. The van der Waals surface area contributed by atoms with Crippen LogP contribution in [0.1, 0.15) is 31.4 Å². The topological polar surface area (TPSA) is 64.3 Å². The molecule has 6 nitrogen and oxygen atoms in total. The number of amides is 1. The summed E-state index contributed by atoms with van der Waals surface area (Å²) < 4.78 is 3.17. The predicted molar refractivity (Wildman–Crippen MR) is 121 cm³/mol. The third kappa shape index (κ3) is 3.51. The number of benzene rings is 1. The van der Waals surface area contributed by atoms with Crippen LogP contribution >= 0.6 is 11.3 Å². The van der Waals surface area contributed by atoms with Gasteiger partial charge in [0.25, 0.3) is 5.56 Å². The average molecular weight is 426 g/mol. The molecule has 0 saturated carbocycles. The van der Waals surface area contributed by atoms with Crippen molar-refractivity contribution in [2.75, 3.05) is 13.1 Å². The van der Waals surface area contributed by atoms with Gasteiger partial charge in [-0.1, -0.05) is 26.0 Å². The van der Waals surface area contributed by atoms with Gasteiger partial charge in [0.05, 0.1) is 11.2 Å². The molecule has 0 spiro atoms. The molecule has 0 radical (unpaired) electrons. The molecule has 3 heterocycles. The number of likely N-dealkylation sites (tertiary alicyclic amines) is 1. The smallest absolute Gasteiger partial charge is 0.336 e. The van der Waals surface area contributed by atoms with Crippen LogP contribution in [0.2, 0.25) is 0 Å². The number of nitrogens with zero attached hydrogens (tertiary/aromatic N) is 3.